The van der Waals surface area contributed by atoms with Crippen molar-refractivity contribution >= 4 is 54.3 Å². The number of furan rings is 1. The molecule has 0 spiro atoms. The van der Waals surface area contributed by atoms with E-state index >= 15 is 0 Å². The lowest BCUT2D eigenvalue weighted by atomic mass is 9.89. The average molecular weight is 777 g/mol. The van der Waals surface area contributed by atoms with E-state index in [1.54, 1.807) is 0 Å². The topological polar surface area (TPSA) is 38.9 Å². The third kappa shape index (κ3) is 6.06. The van der Waals surface area contributed by atoms with Crippen LogP contribution in [0.4, 0.5) is 0 Å². The highest BCUT2D eigenvalue weighted by molar-refractivity contribution is 6.20. The summed E-state index contributed by atoms with van der Waals surface area (Å²) in [5.41, 5.74) is 13.4. The SMILES string of the molecule is c1ccc(-c2ccc(-c3cc(-c4ccc(-c5cccc6c5oc5ccccc56)cc4)nc(-c4ccc(-c5c6ccccc6cc6c5ccc5ccccc56)cc4)n3)cc2)cc1. The van der Waals surface area contributed by atoms with Gasteiger partial charge in [-0.1, -0.05) is 200 Å². The first-order valence-electron chi connectivity index (χ1n) is 20.7. The fourth-order valence-corrected chi connectivity index (χ4v) is 9.05. The molecule has 0 atom stereocenters. The molecule has 0 saturated carbocycles. The molecule has 0 radical (unpaired) electrons. The molecule has 0 bridgehead atoms. The van der Waals surface area contributed by atoms with Crippen LogP contribution >= 0.6 is 0 Å². The number of para-hydroxylation sites is 2. The van der Waals surface area contributed by atoms with Gasteiger partial charge in [-0.2, -0.15) is 0 Å². The Hall–Kier alpha value is -8.14. The van der Waals surface area contributed by atoms with Crippen molar-refractivity contribution in [1.29, 1.82) is 0 Å². The second kappa shape index (κ2) is 14.3. The van der Waals surface area contributed by atoms with E-state index in [4.69, 9.17) is 14.4 Å². The molecule has 2 heterocycles. The smallest absolute Gasteiger partial charge is 0.160 e. The minimum atomic E-state index is 0.677. The Morgan fingerprint density at radius 2 is 0.852 bits per heavy atom. The summed E-state index contributed by atoms with van der Waals surface area (Å²) >= 11 is 0. The van der Waals surface area contributed by atoms with Crippen LogP contribution in [-0.4, -0.2) is 9.97 Å². The van der Waals surface area contributed by atoms with E-state index in [1.807, 2.05) is 18.2 Å². The first kappa shape index (κ1) is 34.9. The van der Waals surface area contributed by atoms with E-state index in [1.165, 1.54) is 49.0 Å². The number of nitrogens with zero attached hydrogens (tertiary/aromatic N) is 2. The summed E-state index contributed by atoms with van der Waals surface area (Å²) < 4.78 is 6.39. The highest BCUT2D eigenvalue weighted by Crippen LogP contribution is 2.41. The number of rotatable bonds is 6. The molecular weight excluding hydrogens is 741 g/mol. The molecule has 0 aliphatic rings. The lowest BCUT2D eigenvalue weighted by Gasteiger charge is -2.15. The molecule has 2 aromatic heterocycles. The fraction of sp³-hybridized carbons (Fsp3) is 0. The van der Waals surface area contributed by atoms with Gasteiger partial charge < -0.3 is 4.42 Å². The van der Waals surface area contributed by atoms with Crippen LogP contribution in [0.1, 0.15) is 0 Å². The predicted molar refractivity (Wildman–Crippen MR) is 254 cm³/mol. The molecule has 12 rings (SSSR count). The number of hydrogen-bond donors (Lipinski definition) is 0. The molecular formula is C58H36N2O. The van der Waals surface area contributed by atoms with Crippen molar-refractivity contribution < 1.29 is 4.42 Å². The first-order chi connectivity index (χ1) is 30.2. The predicted octanol–water partition coefficient (Wildman–Crippen LogP) is 15.8. The summed E-state index contributed by atoms with van der Waals surface area (Å²) in [4.78, 5) is 10.5. The third-order valence-electron chi connectivity index (χ3n) is 12.1. The highest BCUT2D eigenvalue weighted by Gasteiger charge is 2.16. The van der Waals surface area contributed by atoms with Crippen molar-refractivity contribution in [2.24, 2.45) is 0 Å². The first-order valence-corrected chi connectivity index (χ1v) is 20.7. The molecule has 3 heteroatoms. The number of benzene rings is 10. The van der Waals surface area contributed by atoms with Gasteiger partial charge in [-0.05, 0) is 78.3 Å². The fourth-order valence-electron chi connectivity index (χ4n) is 9.05. The Morgan fingerprint density at radius 1 is 0.295 bits per heavy atom. The van der Waals surface area contributed by atoms with Gasteiger partial charge in [0.05, 0.1) is 11.4 Å². The second-order valence-corrected chi connectivity index (χ2v) is 15.7. The van der Waals surface area contributed by atoms with Gasteiger partial charge in [-0.25, -0.2) is 9.97 Å². The van der Waals surface area contributed by atoms with E-state index in [0.717, 1.165) is 66.7 Å². The summed E-state index contributed by atoms with van der Waals surface area (Å²) in [6.45, 7) is 0. The van der Waals surface area contributed by atoms with Crippen LogP contribution in [0.5, 0.6) is 0 Å². The van der Waals surface area contributed by atoms with Crippen molar-refractivity contribution in [3.05, 3.63) is 218 Å². The minimum Gasteiger partial charge on any atom is -0.455 e. The van der Waals surface area contributed by atoms with Crippen LogP contribution in [0.15, 0.2) is 223 Å². The van der Waals surface area contributed by atoms with Crippen LogP contribution in [0, 0.1) is 0 Å². The summed E-state index contributed by atoms with van der Waals surface area (Å²) in [5, 5.41) is 9.71. The Kier molecular flexibility index (Phi) is 8.17. The number of aromatic nitrogens is 2. The quantitative estimate of drug-likeness (QED) is 0.125. The molecule has 0 N–H and O–H groups in total. The zero-order valence-electron chi connectivity index (χ0n) is 33.1. The Balaban J connectivity index is 0.967. The van der Waals surface area contributed by atoms with Gasteiger partial charge in [0.25, 0.3) is 0 Å². The molecule has 284 valence electrons. The van der Waals surface area contributed by atoms with Crippen LogP contribution in [0.2, 0.25) is 0 Å². The molecule has 0 aliphatic carbocycles. The summed E-state index contributed by atoms with van der Waals surface area (Å²) in [6, 6.07) is 77.5. The van der Waals surface area contributed by atoms with Crippen LogP contribution in [-0.2, 0) is 0 Å². The monoisotopic (exact) mass is 776 g/mol. The second-order valence-electron chi connectivity index (χ2n) is 15.7. The standard InChI is InChI=1S/C58H36N2O/c1-2-11-37(12-3-1)38-21-25-41(26-22-38)53-36-54(42-27-23-40(24-28-42)48-18-10-19-51-49-17-8-9-20-55(49)61-57(48)51)60-58(59-53)44-31-29-43(30-32-44)56-47-16-7-5-14-45(47)35-52-46-15-6-4-13-39(46)33-34-50(52)56/h1-36H. The van der Waals surface area contributed by atoms with E-state index in [2.05, 4.69) is 200 Å². The van der Waals surface area contributed by atoms with Crippen molar-refractivity contribution in [3.63, 3.8) is 0 Å². The van der Waals surface area contributed by atoms with Crippen molar-refractivity contribution in [3.8, 4) is 67.3 Å². The van der Waals surface area contributed by atoms with Crippen molar-refractivity contribution in [2.45, 2.75) is 0 Å². The maximum Gasteiger partial charge on any atom is 0.160 e. The molecule has 10 aromatic carbocycles. The van der Waals surface area contributed by atoms with Crippen LogP contribution in [0.25, 0.3) is 122 Å². The van der Waals surface area contributed by atoms with Gasteiger partial charge in [0.1, 0.15) is 11.2 Å². The van der Waals surface area contributed by atoms with Gasteiger partial charge in [0.2, 0.25) is 0 Å². The van der Waals surface area contributed by atoms with Gasteiger partial charge in [0, 0.05) is 33.0 Å². The van der Waals surface area contributed by atoms with E-state index in [-0.39, 0.29) is 0 Å². The zero-order valence-corrected chi connectivity index (χ0v) is 33.1. The van der Waals surface area contributed by atoms with Crippen LogP contribution < -0.4 is 0 Å². The molecule has 0 unspecified atom stereocenters. The molecule has 0 saturated heterocycles. The maximum absolute atomic E-state index is 6.39. The Labute approximate surface area is 352 Å². The highest BCUT2D eigenvalue weighted by atomic mass is 16.3. The normalized spacial score (nSPS) is 11.6. The van der Waals surface area contributed by atoms with Gasteiger partial charge >= 0.3 is 0 Å². The molecule has 61 heavy (non-hydrogen) atoms. The Morgan fingerprint density at radius 3 is 1.61 bits per heavy atom. The summed E-state index contributed by atoms with van der Waals surface area (Å²) in [6.07, 6.45) is 0. The Bertz CT molecular complexity index is 3610. The van der Waals surface area contributed by atoms with Gasteiger partial charge in [0.15, 0.2) is 5.82 Å². The van der Waals surface area contributed by atoms with Gasteiger partial charge in [-0.3, -0.25) is 0 Å². The largest absolute Gasteiger partial charge is 0.455 e. The lowest BCUT2D eigenvalue weighted by molar-refractivity contribution is 0.670. The zero-order chi connectivity index (χ0) is 40.3. The van der Waals surface area contributed by atoms with E-state index < -0.39 is 0 Å². The molecule has 0 fully saturated rings. The summed E-state index contributed by atoms with van der Waals surface area (Å²) in [7, 11) is 0. The minimum absolute atomic E-state index is 0.677. The molecule has 0 aliphatic heterocycles. The average Bonchev–Trinajstić information content (AvgIpc) is 3.73. The van der Waals surface area contributed by atoms with E-state index in [9.17, 15) is 0 Å². The molecule has 3 nitrogen and oxygen atoms in total. The maximum atomic E-state index is 6.39. The third-order valence-corrected chi connectivity index (χ3v) is 12.1. The lowest BCUT2D eigenvalue weighted by Crippen LogP contribution is -1.96. The summed E-state index contributed by atoms with van der Waals surface area (Å²) in [5.74, 6) is 0.677. The molecule has 12 aromatic rings. The van der Waals surface area contributed by atoms with Crippen LogP contribution in [0.3, 0.4) is 0 Å². The number of hydrogen-bond acceptors (Lipinski definition) is 3. The number of fused-ring (bicyclic) bond motifs is 7. The van der Waals surface area contributed by atoms with Gasteiger partial charge in [-0.15, -0.1) is 0 Å². The molecule has 0 amide bonds. The van der Waals surface area contributed by atoms with Crippen molar-refractivity contribution in [2.75, 3.05) is 0 Å². The van der Waals surface area contributed by atoms with E-state index in [0.29, 0.717) is 5.82 Å². The van der Waals surface area contributed by atoms with Crippen molar-refractivity contribution in [1.82, 2.24) is 9.97 Å².